The van der Waals surface area contributed by atoms with Crippen LogP contribution < -0.4 is 0 Å². The van der Waals surface area contributed by atoms with E-state index < -0.39 is 0 Å². The van der Waals surface area contributed by atoms with Gasteiger partial charge in [0.05, 0.1) is 0 Å². The first kappa shape index (κ1) is 12.0. The molecule has 0 aromatic heterocycles. The summed E-state index contributed by atoms with van der Waals surface area (Å²) >= 11 is 0. The van der Waals surface area contributed by atoms with Gasteiger partial charge in [0.25, 0.3) is 0 Å². The van der Waals surface area contributed by atoms with Crippen LogP contribution in [-0.4, -0.2) is 0 Å². The van der Waals surface area contributed by atoms with Crippen LogP contribution in [0.1, 0.15) is 57.1 Å². The molecule has 0 spiro atoms. The molecule has 0 unspecified atom stereocenters. The van der Waals surface area contributed by atoms with Gasteiger partial charge in [-0.2, -0.15) is 0 Å². The Kier molecular flexibility index (Phi) is 2.59. The van der Waals surface area contributed by atoms with Gasteiger partial charge in [0.2, 0.25) is 0 Å². The van der Waals surface area contributed by atoms with Gasteiger partial charge in [-0.05, 0) is 78.7 Å². The highest BCUT2D eigenvalue weighted by Gasteiger charge is 2.55. The summed E-state index contributed by atoms with van der Waals surface area (Å²) in [7, 11) is 0. The number of rotatable bonds is 2. The van der Waals surface area contributed by atoms with E-state index in [1.165, 1.54) is 32.1 Å². The summed E-state index contributed by atoms with van der Waals surface area (Å²) in [6, 6.07) is 9.30. The first-order chi connectivity index (χ1) is 9.21. The van der Waals surface area contributed by atoms with E-state index in [0.29, 0.717) is 5.41 Å². The Labute approximate surface area is 117 Å². The maximum absolute atomic E-state index is 2.61. The molecule has 5 rings (SSSR count). The molecule has 0 aliphatic heterocycles. The predicted octanol–water partition coefficient (Wildman–Crippen LogP) is 4.96. The Morgan fingerprint density at radius 1 is 0.947 bits per heavy atom. The third kappa shape index (κ3) is 1.58. The fourth-order valence-electron chi connectivity index (χ4n) is 5.96. The van der Waals surface area contributed by atoms with E-state index >= 15 is 0 Å². The van der Waals surface area contributed by atoms with Crippen LogP contribution >= 0.6 is 0 Å². The van der Waals surface area contributed by atoms with Crippen molar-refractivity contribution >= 4 is 0 Å². The topological polar surface area (TPSA) is 0 Å². The van der Waals surface area contributed by atoms with E-state index in [1.807, 2.05) is 0 Å². The highest BCUT2D eigenvalue weighted by Crippen LogP contribution is 2.63. The van der Waals surface area contributed by atoms with Crippen molar-refractivity contribution < 1.29 is 0 Å². The molecule has 19 heavy (non-hydrogen) atoms. The van der Waals surface area contributed by atoms with E-state index in [4.69, 9.17) is 0 Å². The van der Waals surface area contributed by atoms with E-state index in [9.17, 15) is 0 Å². The molecule has 4 bridgehead atoms. The molecule has 0 heterocycles. The Hall–Kier alpha value is -0.780. The smallest absolute Gasteiger partial charge is 0.00157 e. The molecule has 0 heteroatoms. The van der Waals surface area contributed by atoms with Gasteiger partial charge < -0.3 is 0 Å². The van der Waals surface area contributed by atoms with Crippen molar-refractivity contribution in [3.05, 3.63) is 35.4 Å². The van der Waals surface area contributed by atoms with Gasteiger partial charge in [0, 0.05) is 0 Å². The molecule has 1 aromatic carbocycles. The zero-order valence-corrected chi connectivity index (χ0v) is 12.4. The molecule has 102 valence electrons. The van der Waals surface area contributed by atoms with Crippen LogP contribution in [0.3, 0.4) is 0 Å². The van der Waals surface area contributed by atoms with E-state index in [-0.39, 0.29) is 0 Å². The second-order valence-corrected chi connectivity index (χ2v) is 7.60. The van der Waals surface area contributed by atoms with Gasteiger partial charge in [0.15, 0.2) is 0 Å². The zero-order valence-electron chi connectivity index (χ0n) is 12.4. The molecule has 0 N–H and O–H groups in total. The second-order valence-electron chi connectivity index (χ2n) is 7.60. The van der Waals surface area contributed by atoms with E-state index in [2.05, 4.69) is 38.1 Å². The molecule has 1 aromatic rings. The lowest BCUT2D eigenvalue weighted by molar-refractivity contribution is -0.0526. The van der Waals surface area contributed by atoms with Crippen molar-refractivity contribution in [2.45, 2.75) is 57.8 Å². The summed E-state index contributed by atoms with van der Waals surface area (Å²) < 4.78 is 0. The molecule has 4 aliphatic carbocycles. The van der Waals surface area contributed by atoms with Crippen LogP contribution in [0.25, 0.3) is 0 Å². The highest BCUT2D eigenvalue weighted by molar-refractivity contribution is 5.37. The van der Waals surface area contributed by atoms with Crippen LogP contribution in [0.2, 0.25) is 0 Å². The van der Waals surface area contributed by atoms with Crippen LogP contribution in [-0.2, 0) is 11.8 Å². The summed E-state index contributed by atoms with van der Waals surface area (Å²) in [5, 5.41) is 0. The van der Waals surface area contributed by atoms with Gasteiger partial charge in [-0.25, -0.2) is 0 Å². The van der Waals surface area contributed by atoms with Crippen molar-refractivity contribution in [1.82, 2.24) is 0 Å². The van der Waals surface area contributed by atoms with Crippen LogP contribution in [0.4, 0.5) is 0 Å². The van der Waals surface area contributed by atoms with E-state index in [0.717, 1.165) is 23.7 Å². The lowest BCUT2D eigenvalue weighted by Crippen LogP contribution is -2.54. The number of hydrogen-bond acceptors (Lipinski definition) is 0. The van der Waals surface area contributed by atoms with Crippen molar-refractivity contribution in [1.29, 1.82) is 0 Å². The van der Waals surface area contributed by atoms with Crippen molar-refractivity contribution in [3.63, 3.8) is 0 Å². The summed E-state index contributed by atoms with van der Waals surface area (Å²) in [6.45, 7) is 4.92. The summed E-state index contributed by atoms with van der Waals surface area (Å²) in [6.07, 6.45) is 8.81. The number of hydrogen-bond donors (Lipinski definition) is 0. The van der Waals surface area contributed by atoms with Gasteiger partial charge >= 0.3 is 0 Å². The Bertz CT molecular complexity index is 457. The molecular weight excluding hydrogens is 228 g/mol. The summed E-state index contributed by atoms with van der Waals surface area (Å²) in [4.78, 5) is 0. The highest BCUT2D eigenvalue weighted by atomic mass is 14.6. The fraction of sp³-hybridized carbons (Fsp3) is 0.684. The minimum absolute atomic E-state index is 0.486. The van der Waals surface area contributed by atoms with Crippen LogP contribution in [0.5, 0.6) is 0 Å². The normalized spacial score (nSPS) is 43.7. The Morgan fingerprint density at radius 3 is 2.11 bits per heavy atom. The Balaban J connectivity index is 1.80. The largest absolute Gasteiger partial charge is 0.0620 e. The molecule has 0 saturated heterocycles. The molecule has 0 atom stereocenters. The molecule has 4 saturated carbocycles. The van der Waals surface area contributed by atoms with Gasteiger partial charge in [0.1, 0.15) is 0 Å². The third-order valence-electron chi connectivity index (χ3n) is 6.81. The quantitative estimate of drug-likeness (QED) is 0.699. The zero-order chi connectivity index (χ0) is 13.0. The molecule has 4 aliphatic rings. The first-order valence-corrected chi connectivity index (χ1v) is 8.30. The summed E-state index contributed by atoms with van der Waals surface area (Å²) in [5.41, 5.74) is 3.80. The standard InChI is InChI=1S/C19H26/c1-3-15-6-4-5-7-18(15)19(2)16-9-13-8-14(11-16)12-17(19)10-13/h4-7,13-14,16-17H,3,8-12H2,1-2H3. The second kappa shape index (κ2) is 4.11. The van der Waals surface area contributed by atoms with Gasteiger partial charge in [-0.3, -0.25) is 0 Å². The maximum Gasteiger partial charge on any atom is -0.00157 e. The lowest BCUT2D eigenvalue weighted by Gasteiger charge is -2.61. The van der Waals surface area contributed by atoms with Gasteiger partial charge in [-0.15, -0.1) is 0 Å². The number of benzene rings is 1. The Morgan fingerprint density at radius 2 is 1.53 bits per heavy atom. The fourth-order valence-corrected chi connectivity index (χ4v) is 5.96. The monoisotopic (exact) mass is 254 g/mol. The third-order valence-corrected chi connectivity index (χ3v) is 6.81. The molecular formula is C19H26. The molecule has 0 radical (unpaired) electrons. The molecule has 0 amide bonds. The summed E-state index contributed by atoms with van der Waals surface area (Å²) in [5.74, 6) is 4.08. The SMILES string of the molecule is CCc1ccccc1C1(C)C2CC3CC(C2)CC1C3. The van der Waals surface area contributed by atoms with Crippen LogP contribution in [0, 0.1) is 23.7 Å². The van der Waals surface area contributed by atoms with E-state index in [1.54, 1.807) is 17.5 Å². The minimum atomic E-state index is 0.486. The van der Waals surface area contributed by atoms with Crippen molar-refractivity contribution in [3.8, 4) is 0 Å². The van der Waals surface area contributed by atoms with Crippen molar-refractivity contribution in [2.24, 2.45) is 23.7 Å². The van der Waals surface area contributed by atoms with Gasteiger partial charge in [-0.1, -0.05) is 38.1 Å². The maximum atomic E-state index is 2.61. The molecule has 0 nitrogen and oxygen atoms in total. The first-order valence-electron chi connectivity index (χ1n) is 8.30. The average molecular weight is 254 g/mol. The minimum Gasteiger partial charge on any atom is -0.0620 e. The molecule has 4 fully saturated rings. The van der Waals surface area contributed by atoms with Crippen LogP contribution in [0.15, 0.2) is 24.3 Å². The lowest BCUT2D eigenvalue weighted by atomic mass is 9.44. The van der Waals surface area contributed by atoms with Crippen molar-refractivity contribution in [2.75, 3.05) is 0 Å². The predicted molar refractivity (Wildman–Crippen MR) is 80.2 cm³/mol. The average Bonchev–Trinajstić information content (AvgIpc) is 2.43. The number of aryl methyl sites for hydroxylation is 1.